The predicted molar refractivity (Wildman–Crippen MR) is 114 cm³/mol. The maximum absolute atomic E-state index is 13.2. The summed E-state index contributed by atoms with van der Waals surface area (Å²) >= 11 is -2.23. The van der Waals surface area contributed by atoms with Crippen LogP contribution in [-0.2, 0) is 32.6 Å². The van der Waals surface area contributed by atoms with Crippen LogP contribution in [0.2, 0.25) is 0 Å². The van der Waals surface area contributed by atoms with Crippen molar-refractivity contribution in [3.8, 4) is 0 Å². The van der Waals surface area contributed by atoms with E-state index in [0.29, 0.717) is 22.2 Å². The van der Waals surface area contributed by atoms with E-state index in [1.807, 2.05) is 52.0 Å². The van der Waals surface area contributed by atoms with Crippen LogP contribution in [0.1, 0.15) is 61.7 Å². The lowest BCUT2D eigenvalue weighted by Crippen LogP contribution is -2.41. The fourth-order valence-corrected chi connectivity index (χ4v) is 3.71. The average molecular weight is 413 g/mol. The predicted octanol–water partition coefficient (Wildman–Crippen LogP) is 3.16. The Balaban J connectivity index is 2.04. The summed E-state index contributed by atoms with van der Waals surface area (Å²) in [7, 11) is -0.756. The lowest BCUT2D eigenvalue weighted by Gasteiger charge is -2.32. The molecule has 0 bridgehead atoms. The van der Waals surface area contributed by atoms with Crippen molar-refractivity contribution in [2.24, 2.45) is 0 Å². The molecule has 1 atom stereocenters. The Bertz CT molecular complexity index is 921. The molecule has 0 radical (unpaired) electrons. The van der Waals surface area contributed by atoms with Crippen molar-refractivity contribution in [3.63, 3.8) is 0 Å². The number of aryl methyl sites for hydroxylation is 1. The lowest BCUT2D eigenvalue weighted by atomic mass is 9.73. The normalized spacial score (nSPS) is 18.6. The van der Waals surface area contributed by atoms with Crippen molar-refractivity contribution in [2.45, 2.75) is 58.0 Å². The van der Waals surface area contributed by atoms with Crippen molar-refractivity contribution in [1.82, 2.24) is 0 Å². The molecule has 1 unspecified atom stereocenters. The van der Waals surface area contributed by atoms with E-state index in [1.54, 1.807) is 18.2 Å². The van der Waals surface area contributed by atoms with E-state index in [1.165, 1.54) is 0 Å². The Hall–Kier alpha value is -1.80. The molecule has 2 aromatic carbocycles. The molecular formula is C22H26BO5S-. The first-order chi connectivity index (χ1) is 13.5. The minimum absolute atomic E-state index is 0.133. The van der Waals surface area contributed by atoms with Crippen molar-refractivity contribution < 1.29 is 22.9 Å². The van der Waals surface area contributed by atoms with E-state index < -0.39 is 29.4 Å². The maximum atomic E-state index is 13.2. The average Bonchev–Trinajstić information content (AvgIpc) is 2.88. The third-order valence-electron chi connectivity index (χ3n) is 5.78. The number of carbonyl (C=O) groups excluding carboxylic acids is 1. The van der Waals surface area contributed by atoms with Gasteiger partial charge >= 0.3 is 7.12 Å². The Morgan fingerprint density at radius 3 is 2.07 bits per heavy atom. The fraction of sp³-hybridized carbons (Fsp3) is 0.409. The van der Waals surface area contributed by atoms with Gasteiger partial charge in [-0.15, -0.1) is 0 Å². The van der Waals surface area contributed by atoms with Gasteiger partial charge in [0.1, 0.15) is 0 Å². The van der Waals surface area contributed by atoms with E-state index in [2.05, 4.69) is 6.92 Å². The summed E-state index contributed by atoms with van der Waals surface area (Å²) in [5.41, 5.74) is 2.17. The van der Waals surface area contributed by atoms with E-state index >= 15 is 0 Å². The number of hydrogen-bond donors (Lipinski definition) is 0. The van der Waals surface area contributed by atoms with Crippen LogP contribution in [0.4, 0.5) is 0 Å². The first-order valence-corrected chi connectivity index (χ1v) is 11.0. The van der Waals surface area contributed by atoms with Crippen LogP contribution in [0.15, 0.2) is 42.5 Å². The van der Waals surface area contributed by atoms with Crippen molar-refractivity contribution in [2.75, 3.05) is 0 Å². The van der Waals surface area contributed by atoms with Gasteiger partial charge in [0.15, 0.2) is 5.78 Å². The van der Waals surface area contributed by atoms with Crippen molar-refractivity contribution in [3.05, 3.63) is 64.7 Å². The van der Waals surface area contributed by atoms with Crippen LogP contribution < -0.4 is 5.46 Å². The van der Waals surface area contributed by atoms with Crippen LogP contribution in [0.3, 0.4) is 0 Å². The highest BCUT2D eigenvalue weighted by Gasteiger charge is 2.52. The lowest BCUT2D eigenvalue weighted by molar-refractivity contribution is 0.00578. The Morgan fingerprint density at radius 2 is 1.55 bits per heavy atom. The summed E-state index contributed by atoms with van der Waals surface area (Å²) < 4.78 is 34.6. The summed E-state index contributed by atoms with van der Waals surface area (Å²) in [5.74, 6) is -0.279. The molecule has 5 nitrogen and oxygen atoms in total. The highest BCUT2D eigenvalue weighted by atomic mass is 32.2. The van der Waals surface area contributed by atoms with E-state index in [9.17, 15) is 13.6 Å². The molecule has 1 aliphatic heterocycles. The van der Waals surface area contributed by atoms with Crippen LogP contribution >= 0.6 is 0 Å². The van der Waals surface area contributed by atoms with Crippen LogP contribution in [0.25, 0.3) is 0 Å². The second-order valence-electron chi connectivity index (χ2n) is 8.34. The number of rotatable bonds is 6. The highest BCUT2D eigenvalue weighted by Crippen LogP contribution is 2.37. The number of hydrogen-bond acceptors (Lipinski definition) is 5. The Labute approximate surface area is 175 Å². The van der Waals surface area contributed by atoms with Gasteiger partial charge in [-0.2, -0.15) is 0 Å². The molecule has 1 aliphatic rings. The summed E-state index contributed by atoms with van der Waals surface area (Å²) in [6.45, 7) is 9.82. The summed E-state index contributed by atoms with van der Waals surface area (Å²) in [5, 5.41) is 0. The molecule has 0 aromatic heterocycles. The van der Waals surface area contributed by atoms with Gasteiger partial charge in [0.2, 0.25) is 0 Å². The fourth-order valence-electron chi connectivity index (χ4n) is 3.26. The molecule has 154 valence electrons. The minimum atomic E-state index is -2.23. The van der Waals surface area contributed by atoms with Crippen molar-refractivity contribution in [1.29, 1.82) is 0 Å². The monoisotopic (exact) mass is 413 g/mol. The van der Waals surface area contributed by atoms with E-state index in [4.69, 9.17) is 9.31 Å². The molecule has 1 fully saturated rings. The summed E-state index contributed by atoms with van der Waals surface area (Å²) in [6.07, 6.45) is 0.897. The van der Waals surface area contributed by atoms with Gasteiger partial charge in [-0.3, -0.25) is 9.00 Å². The first kappa shape index (κ1) is 21.9. The molecule has 1 saturated heterocycles. The smallest absolute Gasteiger partial charge is 0.495 e. The number of carbonyl (C=O) groups is 1. The van der Waals surface area contributed by atoms with Crippen molar-refractivity contribution >= 4 is 29.4 Å². The highest BCUT2D eigenvalue weighted by molar-refractivity contribution is 7.78. The van der Waals surface area contributed by atoms with Crippen LogP contribution in [-0.4, -0.2) is 32.9 Å². The zero-order valence-electron chi connectivity index (χ0n) is 17.5. The second-order valence-corrected chi connectivity index (χ2v) is 9.23. The van der Waals surface area contributed by atoms with Gasteiger partial charge in [-0.05, 0) is 50.7 Å². The molecule has 1 heterocycles. The molecule has 0 spiro atoms. The molecule has 7 heteroatoms. The SMILES string of the molecule is CCc1ccc(C(=O)c2ccc(CS(=O)[O-])cc2B2OC(C)(C)C(C)(C)O2)cc1. The molecule has 0 amide bonds. The van der Waals surface area contributed by atoms with Gasteiger partial charge in [0.25, 0.3) is 0 Å². The van der Waals surface area contributed by atoms with Gasteiger partial charge in [0, 0.05) is 16.9 Å². The quantitative estimate of drug-likeness (QED) is 0.413. The number of ketones is 1. The molecule has 0 N–H and O–H groups in total. The Kier molecular flexibility index (Phi) is 6.15. The van der Waals surface area contributed by atoms with Gasteiger partial charge < -0.3 is 13.9 Å². The summed E-state index contributed by atoms with van der Waals surface area (Å²) in [6, 6.07) is 12.5. The first-order valence-electron chi connectivity index (χ1n) is 9.72. The van der Waals surface area contributed by atoms with E-state index in [-0.39, 0.29) is 11.5 Å². The molecule has 3 rings (SSSR count). The summed E-state index contributed by atoms with van der Waals surface area (Å²) in [4.78, 5) is 13.2. The van der Waals surface area contributed by atoms with Gasteiger partial charge in [0.05, 0.1) is 11.2 Å². The zero-order valence-corrected chi connectivity index (χ0v) is 18.3. The largest absolute Gasteiger partial charge is 0.772 e. The third kappa shape index (κ3) is 4.53. The second kappa shape index (κ2) is 8.15. The molecule has 0 saturated carbocycles. The standard InChI is InChI=1S/C22H27BO5S/c1-6-15-7-10-17(11-8-15)20(24)18-12-9-16(14-29(25)26)13-19(18)23-27-21(2,3)22(4,5)28-23/h7-13H,6,14H2,1-5H3,(H,25,26)/p-1. The zero-order chi connectivity index (χ0) is 21.4. The molecule has 29 heavy (non-hydrogen) atoms. The Morgan fingerprint density at radius 1 is 1.00 bits per heavy atom. The van der Waals surface area contributed by atoms with Crippen LogP contribution in [0.5, 0.6) is 0 Å². The third-order valence-corrected chi connectivity index (χ3v) is 6.35. The topological polar surface area (TPSA) is 75.7 Å². The molecule has 2 aromatic rings. The number of benzene rings is 2. The minimum Gasteiger partial charge on any atom is -0.772 e. The molecule has 0 aliphatic carbocycles. The van der Waals surface area contributed by atoms with Gasteiger partial charge in [-0.1, -0.05) is 60.5 Å². The van der Waals surface area contributed by atoms with Crippen LogP contribution in [0, 0.1) is 0 Å². The maximum Gasteiger partial charge on any atom is 0.495 e. The van der Waals surface area contributed by atoms with Gasteiger partial charge in [-0.25, -0.2) is 0 Å². The molecular weight excluding hydrogens is 387 g/mol. The van der Waals surface area contributed by atoms with E-state index in [0.717, 1.165) is 12.0 Å².